The number of aromatic nitrogens is 2. The molecule has 0 aromatic carbocycles. The number of ether oxygens (including phenoxy) is 2. The number of nitrogens with zero attached hydrogens (tertiary/aromatic N) is 5. The van der Waals surface area contributed by atoms with Gasteiger partial charge < -0.3 is 30.4 Å². The van der Waals surface area contributed by atoms with E-state index >= 15 is 0 Å². The highest BCUT2D eigenvalue weighted by molar-refractivity contribution is 6.25. The predicted octanol–water partition coefficient (Wildman–Crippen LogP) is 0.525. The highest BCUT2D eigenvalue weighted by atomic mass is 16.6. The summed E-state index contributed by atoms with van der Waals surface area (Å²) in [5.41, 5.74) is 8.59. The summed E-state index contributed by atoms with van der Waals surface area (Å²) in [7, 11) is 1.39. The van der Waals surface area contributed by atoms with E-state index in [1.54, 1.807) is 13.8 Å². The molecule has 1 aromatic heterocycles. The number of hydrogen-bond acceptors (Lipinski definition) is 8. The van der Waals surface area contributed by atoms with Crippen LogP contribution in [0.1, 0.15) is 32.4 Å². The molecule has 28 heavy (non-hydrogen) atoms. The molecule has 1 rings (SSSR count). The van der Waals surface area contributed by atoms with Crippen LogP contribution in [0.4, 0.5) is 10.7 Å². The molecule has 1 N–H and O–H groups in total. The van der Waals surface area contributed by atoms with Crippen LogP contribution in [0.5, 0.6) is 0 Å². The van der Waals surface area contributed by atoms with E-state index < -0.39 is 40.9 Å². The van der Waals surface area contributed by atoms with Crippen molar-refractivity contribution in [2.24, 2.45) is 7.05 Å². The lowest BCUT2D eigenvalue weighted by molar-refractivity contribution is -0.396. The summed E-state index contributed by atoms with van der Waals surface area (Å²) in [6.45, 7) is 2.91. The zero-order valence-corrected chi connectivity index (χ0v) is 15.5. The number of Topliss-reactive ketones (excluding diaryl/α,β-unsaturated/α-hetero) is 1. The number of amides is 1. The smallest absolute Gasteiger partial charge is 0.434 e. The number of ketones is 1. The third-order valence-electron chi connectivity index (χ3n) is 3.38. The Balaban J connectivity index is 2.71. The molecule has 0 spiro atoms. The van der Waals surface area contributed by atoms with Crippen LogP contribution in [0, 0.1) is 10.1 Å². The molecule has 0 aliphatic rings. The SMILES string of the molecule is CC(C)OC(=O)[C@H](CCC(=O)C=[N+]=[N-])NC(=O)OCc1cnc([N+](=O)[O-])n1C. The Morgan fingerprint density at radius 3 is 2.68 bits per heavy atom. The summed E-state index contributed by atoms with van der Waals surface area (Å²) < 4.78 is 11.1. The van der Waals surface area contributed by atoms with Crippen LogP contribution in [-0.4, -0.2) is 55.5 Å². The van der Waals surface area contributed by atoms with Crippen LogP contribution in [-0.2, 0) is 32.7 Å². The van der Waals surface area contributed by atoms with Gasteiger partial charge in [0.2, 0.25) is 5.78 Å². The normalized spacial score (nSPS) is 11.3. The van der Waals surface area contributed by atoms with Crippen LogP contribution >= 0.6 is 0 Å². The fraction of sp³-hybridized carbons (Fsp3) is 0.533. The molecular formula is C15H20N6O7. The largest absolute Gasteiger partial charge is 0.461 e. The predicted molar refractivity (Wildman–Crippen MR) is 92.1 cm³/mol. The molecule has 152 valence electrons. The first-order valence-electron chi connectivity index (χ1n) is 8.14. The van der Waals surface area contributed by atoms with E-state index in [-0.39, 0.29) is 25.1 Å². The topological polar surface area (TPSA) is 179 Å². The van der Waals surface area contributed by atoms with Crippen molar-refractivity contribution in [1.82, 2.24) is 14.9 Å². The second kappa shape index (κ2) is 10.5. The average Bonchev–Trinajstić information content (AvgIpc) is 2.97. The highest BCUT2D eigenvalue weighted by Crippen LogP contribution is 2.11. The Kier molecular flexibility index (Phi) is 8.44. The van der Waals surface area contributed by atoms with Gasteiger partial charge in [-0.2, -0.15) is 4.79 Å². The molecule has 0 aliphatic heterocycles. The van der Waals surface area contributed by atoms with Gasteiger partial charge in [0, 0.05) is 6.42 Å². The van der Waals surface area contributed by atoms with Gasteiger partial charge in [0.15, 0.2) is 12.3 Å². The molecule has 1 heterocycles. The minimum atomic E-state index is -1.17. The maximum atomic E-state index is 12.1. The fourth-order valence-electron chi connectivity index (χ4n) is 2.04. The Bertz CT molecular complexity index is 797. The molecule has 1 amide bonds. The van der Waals surface area contributed by atoms with E-state index in [1.165, 1.54) is 13.2 Å². The highest BCUT2D eigenvalue weighted by Gasteiger charge is 2.26. The Morgan fingerprint density at radius 1 is 1.46 bits per heavy atom. The van der Waals surface area contributed by atoms with Gasteiger partial charge in [0.1, 0.15) is 12.2 Å². The number of esters is 1. The molecule has 0 radical (unpaired) electrons. The minimum absolute atomic E-state index is 0.108. The molecular weight excluding hydrogens is 376 g/mol. The number of carbonyl (C=O) groups is 3. The van der Waals surface area contributed by atoms with Crippen molar-refractivity contribution in [3.63, 3.8) is 0 Å². The average molecular weight is 396 g/mol. The summed E-state index contributed by atoms with van der Waals surface area (Å²) in [5, 5.41) is 13.0. The third kappa shape index (κ3) is 6.96. The summed E-state index contributed by atoms with van der Waals surface area (Å²) in [6, 6.07) is -1.17. The Hall–Kier alpha value is -3.60. The number of nitrogens with one attached hydrogen (secondary N) is 1. The number of alkyl carbamates (subject to hydrolysis) is 1. The third-order valence-corrected chi connectivity index (χ3v) is 3.38. The van der Waals surface area contributed by atoms with Gasteiger partial charge in [0.25, 0.3) is 0 Å². The first kappa shape index (κ1) is 22.4. The summed E-state index contributed by atoms with van der Waals surface area (Å²) in [5.74, 6) is -1.74. The van der Waals surface area contributed by atoms with Gasteiger partial charge in [-0.05, 0) is 25.2 Å². The van der Waals surface area contributed by atoms with E-state index in [1.807, 2.05) is 0 Å². The lowest BCUT2D eigenvalue weighted by atomic mass is 10.1. The summed E-state index contributed by atoms with van der Waals surface area (Å²) in [6.07, 6.45) is 0.135. The molecule has 0 saturated heterocycles. The van der Waals surface area contributed by atoms with Crippen LogP contribution in [0.2, 0.25) is 0 Å². The summed E-state index contributed by atoms with van der Waals surface area (Å²) >= 11 is 0. The first-order valence-corrected chi connectivity index (χ1v) is 8.14. The summed E-state index contributed by atoms with van der Waals surface area (Å²) in [4.78, 5) is 51.7. The minimum Gasteiger partial charge on any atom is -0.461 e. The molecule has 0 bridgehead atoms. The van der Waals surface area contributed by atoms with Crippen molar-refractivity contribution in [3.05, 3.63) is 27.5 Å². The molecule has 0 saturated carbocycles. The number of imidazole rings is 1. The van der Waals surface area contributed by atoms with E-state index in [9.17, 15) is 24.5 Å². The molecule has 1 aromatic rings. The molecule has 0 aliphatic carbocycles. The Morgan fingerprint density at radius 2 is 2.14 bits per heavy atom. The fourth-order valence-corrected chi connectivity index (χ4v) is 2.04. The lowest BCUT2D eigenvalue weighted by Gasteiger charge is -2.18. The maximum Gasteiger partial charge on any atom is 0.434 e. The van der Waals surface area contributed by atoms with Crippen molar-refractivity contribution in [2.75, 3.05) is 0 Å². The molecule has 0 unspecified atom stereocenters. The second-order valence-electron chi connectivity index (χ2n) is 5.87. The maximum absolute atomic E-state index is 12.1. The van der Waals surface area contributed by atoms with Crippen LogP contribution < -0.4 is 5.32 Å². The number of nitro groups is 1. The quantitative estimate of drug-likeness (QED) is 0.148. The number of hydrogen-bond donors (Lipinski definition) is 1. The van der Waals surface area contributed by atoms with Gasteiger partial charge in [-0.15, -0.1) is 0 Å². The Labute approximate surface area is 159 Å². The first-order chi connectivity index (χ1) is 13.1. The van der Waals surface area contributed by atoms with Crippen molar-refractivity contribution in [2.45, 2.75) is 45.4 Å². The number of rotatable bonds is 10. The van der Waals surface area contributed by atoms with E-state index in [4.69, 9.17) is 15.0 Å². The van der Waals surface area contributed by atoms with E-state index in [2.05, 4.69) is 15.1 Å². The molecule has 0 fully saturated rings. The van der Waals surface area contributed by atoms with Crippen molar-refractivity contribution < 1.29 is 33.6 Å². The van der Waals surface area contributed by atoms with Crippen LogP contribution in [0.3, 0.4) is 0 Å². The van der Waals surface area contributed by atoms with Gasteiger partial charge in [-0.1, -0.05) is 4.98 Å². The molecule has 13 nitrogen and oxygen atoms in total. The number of carbonyl (C=O) groups excluding carboxylic acids is 3. The zero-order valence-electron chi connectivity index (χ0n) is 15.5. The zero-order chi connectivity index (χ0) is 21.3. The monoisotopic (exact) mass is 396 g/mol. The van der Waals surface area contributed by atoms with Crippen molar-refractivity contribution >= 4 is 30.0 Å². The van der Waals surface area contributed by atoms with E-state index in [0.29, 0.717) is 6.21 Å². The van der Waals surface area contributed by atoms with Crippen molar-refractivity contribution in [1.29, 1.82) is 0 Å². The van der Waals surface area contributed by atoms with Gasteiger partial charge >= 0.3 is 24.2 Å². The van der Waals surface area contributed by atoms with Gasteiger partial charge in [-0.3, -0.25) is 4.79 Å². The lowest BCUT2D eigenvalue weighted by Crippen LogP contribution is -2.43. The van der Waals surface area contributed by atoms with Gasteiger partial charge in [-0.25, -0.2) is 14.2 Å². The van der Waals surface area contributed by atoms with Crippen LogP contribution in [0.25, 0.3) is 5.53 Å². The second-order valence-corrected chi connectivity index (χ2v) is 5.87. The molecule has 13 heteroatoms. The van der Waals surface area contributed by atoms with Crippen LogP contribution in [0.15, 0.2) is 6.20 Å². The standard InChI is InChI=1S/C15H20N6O7/c1-9(2)28-13(23)12(5-4-11(22)7-18-16)19-15(24)27-8-10-6-17-14(20(10)3)21(25)26/h6-7,9,12H,4-5,8H2,1-3H3,(H,19,24)/t12-/m0/s1. The van der Waals surface area contributed by atoms with E-state index in [0.717, 1.165) is 4.57 Å². The molecule has 1 atom stereocenters. The van der Waals surface area contributed by atoms with Gasteiger partial charge in [0.05, 0.1) is 13.2 Å². The van der Waals surface area contributed by atoms with Crippen molar-refractivity contribution in [3.8, 4) is 0 Å².